The van der Waals surface area contributed by atoms with Gasteiger partial charge in [-0.2, -0.15) is 5.26 Å². The van der Waals surface area contributed by atoms with Crippen molar-refractivity contribution in [3.63, 3.8) is 0 Å². The normalized spacial score (nSPS) is 11.7. The Labute approximate surface area is 58.6 Å². The van der Waals surface area contributed by atoms with Crippen LogP contribution in [0.1, 0.15) is 6.92 Å². The number of carbonyl (C=O) groups is 1. The minimum absolute atomic E-state index is 0.244. The van der Waals surface area contributed by atoms with Crippen molar-refractivity contribution in [2.45, 2.75) is 6.92 Å². The van der Waals surface area contributed by atoms with E-state index in [0.29, 0.717) is 0 Å². The summed E-state index contributed by atoms with van der Waals surface area (Å²) in [7, 11) is 0. The fourth-order valence-electron chi connectivity index (χ4n) is 0.248. The van der Waals surface area contributed by atoms with E-state index >= 15 is 0 Å². The number of hydrogen-bond donors (Lipinski definition) is 1. The van der Waals surface area contributed by atoms with Gasteiger partial charge in [-0.1, -0.05) is 6.92 Å². The molecule has 9 heavy (non-hydrogen) atoms. The zero-order chi connectivity index (χ0) is 7.28. The molecule has 1 amide bonds. The number of nitrogens with one attached hydrogen (secondary N) is 1. The van der Waals surface area contributed by atoms with Crippen LogP contribution in [0, 0.1) is 17.4 Å². The third-order valence-electron chi connectivity index (χ3n) is 0.858. The van der Waals surface area contributed by atoms with Gasteiger partial charge in [-0.05, 0) is 0 Å². The van der Waals surface area contributed by atoms with Crippen molar-refractivity contribution in [3.8, 4) is 6.19 Å². The molecule has 1 unspecified atom stereocenters. The lowest BCUT2D eigenvalue weighted by atomic mass is 10.2. The van der Waals surface area contributed by atoms with E-state index in [1.807, 2.05) is 5.32 Å². The van der Waals surface area contributed by atoms with Crippen LogP contribution in [0.4, 0.5) is 0 Å². The third kappa shape index (κ3) is 2.94. The molecule has 0 fully saturated rings. The monoisotopic (exact) mass is 146 g/mol. The lowest BCUT2D eigenvalue weighted by Gasteiger charge is -2.00. The molecule has 0 aromatic carbocycles. The van der Waals surface area contributed by atoms with E-state index in [4.69, 9.17) is 16.9 Å². The first-order valence-electron chi connectivity index (χ1n) is 2.47. The van der Waals surface area contributed by atoms with Crippen molar-refractivity contribution in [2.75, 3.05) is 5.88 Å². The topological polar surface area (TPSA) is 52.9 Å². The highest BCUT2D eigenvalue weighted by Gasteiger charge is 2.09. The quantitative estimate of drug-likeness (QED) is 0.350. The van der Waals surface area contributed by atoms with Gasteiger partial charge in [0.05, 0.1) is 0 Å². The molecule has 0 saturated heterocycles. The van der Waals surface area contributed by atoms with Crippen LogP contribution in [0.25, 0.3) is 0 Å². The summed E-state index contributed by atoms with van der Waals surface area (Å²) in [4.78, 5) is 10.6. The minimum atomic E-state index is -0.326. The predicted molar refractivity (Wildman–Crippen MR) is 33.6 cm³/mol. The fraction of sp³-hybridized carbons (Fsp3) is 0.600. The maximum absolute atomic E-state index is 10.6. The molecule has 3 nitrogen and oxygen atoms in total. The van der Waals surface area contributed by atoms with Crippen LogP contribution in [-0.4, -0.2) is 11.8 Å². The molecule has 50 valence electrons. The smallest absolute Gasteiger partial charge is 0.237 e. The molecule has 0 saturated carbocycles. The van der Waals surface area contributed by atoms with Crippen molar-refractivity contribution in [1.29, 1.82) is 5.26 Å². The number of carbonyl (C=O) groups excluding carboxylic acids is 1. The first-order chi connectivity index (χ1) is 4.22. The maximum atomic E-state index is 10.6. The van der Waals surface area contributed by atoms with Gasteiger partial charge in [0.15, 0.2) is 6.19 Å². The molecule has 0 bridgehead atoms. The van der Waals surface area contributed by atoms with Crippen molar-refractivity contribution >= 4 is 17.5 Å². The molecule has 4 heteroatoms. The Balaban J connectivity index is 3.62. The van der Waals surface area contributed by atoms with E-state index in [0.717, 1.165) is 0 Å². The molecule has 0 aliphatic rings. The molecule has 0 aliphatic carbocycles. The van der Waals surface area contributed by atoms with Gasteiger partial charge >= 0.3 is 0 Å². The van der Waals surface area contributed by atoms with E-state index in [1.165, 1.54) is 6.19 Å². The van der Waals surface area contributed by atoms with Crippen LogP contribution in [0.3, 0.4) is 0 Å². The van der Waals surface area contributed by atoms with E-state index in [2.05, 4.69) is 0 Å². The molecule has 0 rings (SSSR count). The molecule has 1 atom stereocenters. The molecular weight excluding hydrogens is 140 g/mol. The van der Waals surface area contributed by atoms with Crippen LogP contribution in [0.15, 0.2) is 0 Å². The van der Waals surface area contributed by atoms with Crippen molar-refractivity contribution < 1.29 is 4.79 Å². The van der Waals surface area contributed by atoms with Gasteiger partial charge in [0.1, 0.15) is 0 Å². The maximum Gasteiger partial charge on any atom is 0.237 e. The van der Waals surface area contributed by atoms with Crippen molar-refractivity contribution in [2.24, 2.45) is 5.92 Å². The van der Waals surface area contributed by atoms with E-state index in [9.17, 15) is 4.79 Å². The summed E-state index contributed by atoms with van der Waals surface area (Å²) in [5, 5.41) is 9.93. The lowest BCUT2D eigenvalue weighted by Crippen LogP contribution is -2.25. The van der Waals surface area contributed by atoms with Gasteiger partial charge in [0.25, 0.3) is 0 Å². The van der Waals surface area contributed by atoms with Gasteiger partial charge < -0.3 is 0 Å². The average Bonchev–Trinajstić information content (AvgIpc) is 1.87. The second kappa shape index (κ2) is 4.16. The Hall–Kier alpha value is -0.750. The molecular formula is C5H7ClN2O. The fourth-order valence-corrected chi connectivity index (χ4v) is 0.389. The highest BCUT2D eigenvalue weighted by atomic mass is 35.5. The number of nitrogens with zero attached hydrogens (tertiary/aromatic N) is 1. The van der Waals surface area contributed by atoms with Gasteiger partial charge in [-0.3, -0.25) is 10.1 Å². The predicted octanol–water partition coefficient (Wildman–Crippen LogP) is 0.459. The SMILES string of the molecule is CC(CCl)C(=O)NC#N. The molecule has 0 radical (unpaired) electrons. The summed E-state index contributed by atoms with van der Waals surface area (Å²) in [5.74, 6) is -0.369. The molecule has 0 aromatic rings. The van der Waals surface area contributed by atoms with Crippen LogP contribution in [-0.2, 0) is 4.79 Å². The Bertz CT molecular complexity index is 140. The molecule has 1 N–H and O–H groups in total. The molecule has 0 aromatic heterocycles. The first kappa shape index (κ1) is 8.25. The third-order valence-corrected chi connectivity index (χ3v) is 1.32. The highest BCUT2D eigenvalue weighted by Crippen LogP contribution is 1.95. The Morgan fingerprint density at radius 1 is 2.00 bits per heavy atom. The van der Waals surface area contributed by atoms with E-state index in [1.54, 1.807) is 6.92 Å². The van der Waals surface area contributed by atoms with Gasteiger partial charge in [0.2, 0.25) is 5.91 Å². The first-order valence-corrected chi connectivity index (χ1v) is 3.00. The van der Waals surface area contributed by atoms with E-state index < -0.39 is 0 Å². The summed E-state index contributed by atoms with van der Waals surface area (Å²) < 4.78 is 0. The van der Waals surface area contributed by atoms with Crippen molar-refractivity contribution in [1.82, 2.24) is 5.32 Å². The summed E-state index contributed by atoms with van der Waals surface area (Å²) in [6.07, 6.45) is 1.52. The minimum Gasteiger partial charge on any atom is -0.274 e. The average molecular weight is 147 g/mol. The number of halogens is 1. The standard InChI is InChI=1S/C5H7ClN2O/c1-4(2-6)5(9)8-3-7/h4H,2H2,1H3,(H,8,9). The molecule has 0 aliphatic heterocycles. The van der Waals surface area contributed by atoms with Crippen LogP contribution < -0.4 is 5.32 Å². The zero-order valence-corrected chi connectivity index (χ0v) is 5.77. The van der Waals surface area contributed by atoms with Crippen LogP contribution >= 0.6 is 11.6 Å². The van der Waals surface area contributed by atoms with Gasteiger partial charge in [-0.15, -0.1) is 11.6 Å². The van der Waals surface area contributed by atoms with Crippen LogP contribution in [0.5, 0.6) is 0 Å². The summed E-state index contributed by atoms with van der Waals surface area (Å²) in [5.41, 5.74) is 0. The number of amides is 1. The largest absolute Gasteiger partial charge is 0.274 e. The van der Waals surface area contributed by atoms with Crippen LogP contribution in [0.2, 0.25) is 0 Å². The summed E-state index contributed by atoms with van der Waals surface area (Å²) in [6.45, 7) is 1.65. The zero-order valence-electron chi connectivity index (χ0n) is 5.02. The molecule has 0 heterocycles. The number of hydrogen-bond acceptors (Lipinski definition) is 2. The Morgan fingerprint density at radius 2 is 2.56 bits per heavy atom. The van der Waals surface area contributed by atoms with Crippen molar-refractivity contribution in [3.05, 3.63) is 0 Å². The second-order valence-electron chi connectivity index (χ2n) is 1.66. The summed E-state index contributed by atoms with van der Waals surface area (Å²) >= 11 is 5.31. The molecule has 0 spiro atoms. The number of rotatable bonds is 2. The Morgan fingerprint density at radius 3 is 2.89 bits per heavy atom. The van der Waals surface area contributed by atoms with Gasteiger partial charge in [-0.25, -0.2) is 0 Å². The number of nitriles is 1. The summed E-state index contributed by atoms with van der Waals surface area (Å²) in [6, 6.07) is 0. The van der Waals surface area contributed by atoms with E-state index in [-0.39, 0.29) is 17.7 Å². The second-order valence-corrected chi connectivity index (χ2v) is 1.97. The Kier molecular flexibility index (Phi) is 3.81. The highest BCUT2D eigenvalue weighted by molar-refractivity contribution is 6.19. The number of alkyl halides is 1. The lowest BCUT2D eigenvalue weighted by molar-refractivity contribution is -0.122. The van der Waals surface area contributed by atoms with Gasteiger partial charge in [0, 0.05) is 11.8 Å².